The van der Waals surface area contributed by atoms with Crippen LogP contribution in [0.2, 0.25) is 0 Å². The van der Waals surface area contributed by atoms with Crippen molar-refractivity contribution in [1.29, 1.82) is 0 Å². The van der Waals surface area contributed by atoms with Gasteiger partial charge in [-0.1, -0.05) is 13.8 Å². The number of aldehydes is 1. The van der Waals surface area contributed by atoms with Gasteiger partial charge in [0.25, 0.3) is 5.91 Å². The van der Waals surface area contributed by atoms with Gasteiger partial charge in [-0.2, -0.15) is 0 Å². The fraction of sp³-hybridized carbons (Fsp3) is 0.500. The molecule has 0 bridgehead atoms. The summed E-state index contributed by atoms with van der Waals surface area (Å²) in [6.07, 6.45) is 3.29. The summed E-state index contributed by atoms with van der Waals surface area (Å²) in [5.41, 5.74) is 0.335. The third-order valence-corrected chi connectivity index (χ3v) is 2.89. The Labute approximate surface area is 113 Å². The topological polar surface area (TPSA) is 68.3 Å². The zero-order valence-corrected chi connectivity index (χ0v) is 11.6. The Morgan fingerprint density at radius 2 is 2.11 bits per heavy atom. The van der Waals surface area contributed by atoms with Crippen molar-refractivity contribution < 1.29 is 14.3 Å². The van der Waals surface area contributed by atoms with Gasteiger partial charge in [0.15, 0.2) is 12.4 Å². The minimum absolute atomic E-state index is 0.145. The zero-order chi connectivity index (χ0) is 14.3. The fourth-order valence-corrected chi connectivity index (χ4v) is 1.60. The summed E-state index contributed by atoms with van der Waals surface area (Å²) in [6.45, 7) is 5.75. The highest BCUT2D eigenvalue weighted by Gasteiger charge is 2.17. The molecule has 0 aliphatic heterocycles. The van der Waals surface area contributed by atoms with E-state index in [2.05, 4.69) is 10.3 Å². The molecule has 0 aliphatic rings. The van der Waals surface area contributed by atoms with Crippen LogP contribution >= 0.6 is 0 Å². The van der Waals surface area contributed by atoms with Crippen molar-refractivity contribution in [2.45, 2.75) is 45.8 Å². The zero-order valence-electron chi connectivity index (χ0n) is 11.6. The molecule has 1 N–H and O–H groups in total. The van der Waals surface area contributed by atoms with Gasteiger partial charge >= 0.3 is 0 Å². The first kappa shape index (κ1) is 15.1. The van der Waals surface area contributed by atoms with Crippen LogP contribution < -0.4 is 10.1 Å². The van der Waals surface area contributed by atoms with Crippen molar-refractivity contribution in [1.82, 2.24) is 10.3 Å². The number of carbonyl (C=O) groups is 2. The van der Waals surface area contributed by atoms with E-state index in [9.17, 15) is 9.59 Å². The molecule has 1 atom stereocenters. The second-order valence-electron chi connectivity index (χ2n) is 4.32. The Morgan fingerprint density at radius 3 is 2.58 bits per heavy atom. The minimum Gasteiger partial charge on any atom is -0.479 e. The van der Waals surface area contributed by atoms with Gasteiger partial charge in [-0.3, -0.25) is 9.59 Å². The number of hydrogen-bond acceptors (Lipinski definition) is 4. The number of aromatic nitrogens is 1. The van der Waals surface area contributed by atoms with Gasteiger partial charge in [-0.25, -0.2) is 4.98 Å². The molecule has 104 valence electrons. The summed E-state index contributed by atoms with van der Waals surface area (Å²) in [4.78, 5) is 26.2. The molecule has 0 spiro atoms. The number of nitrogens with zero attached hydrogens (tertiary/aromatic N) is 1. The van der Waals surface area contributed by atoms with Crippen LogP contribution in [0.15, 0.2) is 18.3 Å². The predicted molar refractivity (Wildman–Crippen MR) is 72.2 cm³/mol. The number of ether oxygens (including phenoxy) is 1. The molecule has 1 aromatic rings. The van der Waals surface area contributed by atoms with Gasteiger partial charge in [0, 0.05) is 6.04 Å². The van der Waals surface area contributed by atoms with Gasteiger partial charge in [-0.05, 0) is 31.9 Å². The number of carbonyl (C=O) groups excluding carboxylic acids is 2. The summed E-state index contributed by atoms with van der Waals surface area (Å²) < 4.78 is 5.48. The first-order valence-electron chi connectivity index (χ1n) is 6.48. The first-order chi connectivity index (χ1) is 9.10. The average Bonchev–Trinajstić information content (AvgIpc) is 2.45. The summed E-state index contributed by atoms with van der Waals surface area (Å²) in [5.74, 6) is 0.325. The average molecular weight is 264 g/mol. The Bertz CT molecular complexity index is 413. The molecule has 0 saturated heterocycles. The summed E-state index contributed by atoms with van der Waals surface area (Å²) >= 11 is 0. The maximum Gasteiger partial charge on any atom is 0.260 e. The highest BCUT2D eigenvalue weighted by atomic mass is 16.5. The SMILES string of the molecule is CCC(CC)NC(=O)C(C)Oc1ccc(C=O)nc1. The van der Waals surface area contributed by atoms with Crippen molar-refractivity contribution in [3.8, 4) is 5.75 Å². The Hall–Kier alpha value is -1.91. The van der Waals surface area contributed by atoms with E-state index in [0.29, 0.717) is 17.7 Å². The van der Waals surface area contributed by atoms with Gasteiger partial charge in [0.05, 0.1) is 6.20 Å². The van der Waals surface area contributed by atoms with E-state index >= 15 is 0 Å². The molecule has 1 rings (SSSR count). The first-order valence-corrected chi connectivity index (χ1v) is 6.48. The third kappa shape index (κ3) is 4.69. The Morgan fingerprint density at radius 1 is 1.42 bits per heavy atom. The van der Waals surface area contributed by atoms with Crippen LogP contribution in [0.5, 0.6) is 5.75 Å². The van der Waals surface area contributed by atoms with Crippen LogP contribution in [-0.4, -0.2) is 29.3 Å². The maximum atomic E-state index is 11.9. The maximum absolute atomic E-state index is 11.9. The van der Waals surface area contributed by atoms with Crippen LogP contribution in [0.3, 0.4) is 0 Å². The van der Waals surface area contributed by atoms with Crippen molar-refractivity contribution in [3.63, 3.8) is 0 Å². The Balaban J connectivity index is 2.55. The minimum atomic E-state index is -0.593. The molecule has 5 nitrogen and oxygen atoms in total. The lowest BCUT2D eigenvalue weighted by Gasteiger charge is -2.19. The van der Waals surface area contributed by atoms with Crippen LogP contribution in [0.1, 0.15) is 44.1 Å². The molecule has 1 aromatic heterocycles. The smallest absolute Gasteiger partial charge is 0.260 e. The molecule has 19 heavy (non-hydrogen) atoms. The van der Waals surface area contributed by atoms with Gasteiger partial charge in [0.1, 0.15) is 11.4 Å². The van der Waals surface area contributed by atoms with Crippen molar-refractivity contribution in [2.75, 3.05) is 0 Å². The van der Waals surface area contributed by atoms with E-state index in [1.54, 1.807) is 19.1 Å². The highest BCUT2D eigenvalue weighted by molar-refractivity contribution is 5.81. The van der Waals surface area contributed by atoms with Gasteiger partial charge in [0.2, 0.25) is 0 Å². The van der Waals surface area contributed by atoms with E-state index in [-0.39, 0.29) is 11.9 Å². The standard InChI is InChI=1S/C14H20N2O3/c1-4-11(5-2)16-14(18)10(3)19-13-7-6-12(9-17)15-8-13/h6-11H,4-5H2,1-3H3,(H,16,18). The van der Waals surface area contributed by atoms with Crippen LogP contribution in [0, 0.1) is 0 Å². The van der Waals surface area contributed by atoms with E-state index in [1.165, 1.54) is 6.20 Å². The fourth-order valence-electron chi connectivity index (χ4n) is 1.60. The van der Waals surface area contributed by atoms with E-state index in [0.717, 1.165) is 12.8 Å². The molecular formula is C14H20N2O3. The number of nitrogens with one attached hydrogen (secondary N) is 1. The van der Waals surface area contributed by atoms with Gasteiger partial charge < -0.3 is 10.1 Å². The summed E-state index contributed by atoms with van der Waals surface area (Å²) in [6, 6.07) is 3.35. The van der Waals surface area contributed by atoms with Crippen LogP contribution in [0.4, 0.5) is 0 Å². The number of amides is 1. The van der Waals surface area contributed by atoms with Crippen LogP contribution in [-0.2, 0) is 4.79 Å². The molecule has 0 aliphatic carbocycles. The van der Waals surface area contributed by atoms with Crippen molar-refractivity contribution in [3.05, 3.63) is 24.0 Å². The summed E-state index contributed by atoms with van der Waals surface area (Å²) in [7, 11) is 0. The number of hydrogen-bond donors (Lipinski definition) is 1. The monoisotopic (exact) mass is 264 g/mol. The van der Waals surface area contributed by atoms with Crippen molar-refractivity contribution >= 4 is 12.2 Å². The van der Waals surface area contributed by atoms with Crippen LogP contribution in [0.25, 0.3) is 0 Å². The predicted octanol–water partition coefficient (Wildman–Crippen LogP) is 1.97. The number of rotatable bonds is 7. The lowest BCUT2D eigenvalue weighted by molar-refractivity contribution is -0.128. The second-order valence-corrected chi connectivity index (χ2v) is 4.32. The third-order valence-electron chi connectivity index (χ3n) is 2.89. The lowest BCUT2D eigenvalue weighted by Crippen LogP contribution is -2.42. The second kappa shape index (κ2) is 7.51. The molecular weight excluding hydrogens is 244 g/mol. The molecule has 1 unspecified atom stereocenters. The van der Waals surface area contributed by atoms with Gasteiger partial charge in [-0.15, -0.1) is 0 Å². The molecule has 5 heteroatoms. The lowest BCUT2D eigenvalue weighted by atomic mass is 10.1. The quantitative estimate of drug-likeness (QED) is 0.764. The van der Waals surface area contributed by atoms with E-state index in [4.69, 9.17) is 4.74 Å². The molecule has 0 fully saturated rings. The molecule has 1 heterocycles. The van der Waals surface area contributed by atoms with Crippen molar-refractivity contribution in [2.24, 2.45) is 0 Å². The van der Waals surface area contributed by atoms with E-state index < -0.39 is 6.10 Å². The molecule has 0 radical (unpaired) electrons. The van der Waals surface area contributed by atoms with E-state index in [1.807, 2.05) is 13.8 Å². The Kier molecular flexibility index (Phi) is 5.99. The molecule has 0 aromatic carbocycles. The largest absolute Gasteiger partial charge is 0.479 e. The summed E-state index contributed by atoms with van der Waals surface area (Å²) in [5, 5.41) is 2.92. The molecule has 1 amide bonds. The number of pyridine rings is 1. The molecule has 0 saturated carbocycles. The highest BCUT2D eigenvalue weighted by Crippen LogP contribution is 2.11. The normalized spacial score (nSPS) is 12.0.